The van der Waals surface area contributed by atoms with Gasteiger partial charge >= 0.3 is 0 Å². The van der Waals surface area contributed by atoms with E-state index in [0.717, 1.165) is 27.5 Å². The molecule has 27 heavy (non-hydrogen) atoms. The molecule has 1 aromatic carbocycles. The fourth-order valence-corrected chi connectivity index (χ4v) is 3.45. The van der Waals surface area contributed by atoms with Crippen molar-refractivity contribution in [3.8, 4) is 16.3 Å². The number of hydrogen-bond acceptors (Lipinski definition) is 5. The van der Waals surface area contributed by atoms with Crippen LogP contribution in [0.4, 0.5) is 0 Å². The van der Waals surface area contributed by atoms with Gasteiger partial charge in [0.05, 0.1) is 18.4 Å². The summed E-state index contributed by atoms with van der Waals surface area (Å²) < 4.78 is 1.93. The molecule has 1 N–H and O–H groups in total. The molecule has 0 aliphatic heterocycles. The number of aromatic nitrogens is 4. The first-order valence-electron chi connectivity index (χ1n) is 8.47. The maximum atomic E-state index is 12.2. The summed E-state index contributed by atoms with van der Waals surface area (Å²) in [5.41, 5.74) is 3.81. The van der Waals surface area contributed by atoms with Gasteiger partial charge < -0.3 is 9.88 Å². The van der Waals surface area contributed by atoms with Crippen molar-refractivity contribution in [2.45, 2.75) is 13.0 Å². The molecule has 0 fully saturated rings. The van der Waals surface area contributed by atoms with Gasteiger partial charge in [-0.1, -0.05) is 12.1 Å². The number of pyridine rings is 1. The van der Waals surface area contributed by atoms with E-state index in [-0.39, 0.29) is 12.3 Å². The number of rotatable bonds is 6. The van der Waals surface area contributed by atoms with Gasteiger partial charge in [0.1, 0.15) is 5.01 Å². The Balaban J connectivity index is 1.32. The van der Waals surface area contributed by atoms with E-state index in [1.807, 2.05) is 52.5 Å². The summed E-state index contributed by atoms with van der Waals surface area (Å²) in [7, 11) is 0. The van der Waals surface area contributed by atoms with Crippen molar-refractivity contribution >= 4 is 17.2 Å². The van der Waals surface area contributed by atoms with E-state index in [4.69, 9.17) is 0 Å². The minimum atomic E-state index is -0.0447. The van der Waals surface area contributed by atoms with Crippen molar-refractivity contribution < 1.29 is 4.79 Å². The zero-order chi connectivity index (χ0) is 18.5. The number of carbonyl (C=O) groups is 1. The molecule has 6 nitrogen and oxygen atoms in total. The highest BCUT2D eigenvalue weighted by Gasteiger charge is 2.09. The zero-order valence-electron chi connectivity index (χ0n) is 14.4. The zero-order valence-corrected chi connectivity index (χ0v) is 15.3. The molecule has 0 aliphatic rings. The van der Waals surface area contributed by atoms with Crippen LogP contribution in [0.25, 0.3) is 16.3 Å². The first-order chi connectivity index (χ1) is 13.3. The third kappa shape index (κ3) is 4.27. The molecule has 7 heteroatoms. The second-order valence-corrected chi connectivity index (χ2v) is 6.83. The molecule has 0 bridgehead atoms. The largest absolute Gasteiger partial charge is 0.352 e. The lowest BCUT2D eigenvalue weighted by molar-refractivity contribution is -0.120. The molecule has 0 saturated heterocycles. The summed E-state index contributed by atoms with van der Waals surface area (Å²) in [6.45, 7) is 0.489. The van der Waals surface area contributed by atoms with Crippen LogP contribution in [0.15, 0.2) is 72.9 Å². The van der Waals surface area contributed by atoms with Gasteiger partial charge in [-0.25, -0.2) is 9.97 Å². The summed E-state index contributed by atoms with van der Waals surface area (Å²) in [4.78, 5) is 24.9. The number of carbonyl (C=O) groups excluding carboxylic acids is 1. The monoisotopic (exact) mass is 375 g/mol. The third-order valence-corrected chi connectivity index (χ3v) is 4.97. The smallest absolute Gasteiger partial charge is 0.226 e. The molecular formula is C20H17N5OS. The topological polar surface area (TPSA) is 72.7 Å². The molecule has 0 aliphatic carbocycles. The predicted octanol–water partition coefficient (Wildman–Crippen LogP) is 3.25. The highest BCUT2D eigenvalue weighted by atomic mass is 32.1. The van der Waals surface area contributed by atoms with Crippen LogP contribution in [0.2, 0.25) is 0 Å². The second-order valence-electron chi connectivity index (χ2n) is 5.98. The summed E-state index contributed by atoms with van der Waals surface area (Å²) in [5, 5.41) is 5.74. The second kappa shape index (κ2) is 7.92. The molecule has 3 heterocycles. The van der Waals surface area contributed by atoms with Crippen molar-refractivity contribution in [1.29, 1.82) is 0 Å². The SMILES string of the molecule is O=C(Cc1csc(-c2cccnc2)n1)NCc1ccc(-n2ccnc2)cc1. The van der Waals surface area contributed by atoms with Crippen molar-refractivity contribution in [1.82, 2.24) is 24.8 Å². The summed E-state index contributed by atoms with van der Waals surface area (Å²) in [6, 6.07) is 11.8. The van der Waals surface area contributed by atoms with E-state index in [1.54, 1.807) is 24.9 Å². The molecule has 0 saturated carbocycles. The average molecular weight is 375 g/mol. The molecule has 0 atom stereocenters. The van der Waals surface area contributed by atoms with Crippen molar-refractivity contribution in [2.75, 3.05) is 0 Å². The Morgan fingerprint density at radius 1 is 1.11 bits per heavy atom. The molecule has 3 aromatic heterocycles. The predicted molar refractivity (Wildman–Crippen MR) is 104 cm³/mol. The van der Waals surface area contributed by atoms with Gasteiger partial charge in [0.2, 0.25) is 5.91 Å². The Morgan fingerprint density at radius 3 is 2.74 bits per heavy atom. The van der Waals surface area contributed by atoms with Gasteiger partial charge in [0.15, 0.2) is 0 Å². The van der Waals surface area contributed by atoms with Crippen LogP contribution in [-0.2, 0) is 17.8 Å². The Hall–Kier alpha value is -3.32. The number of imidazole rings is 1. The van der Waals surface area contributed by atoms with E-state index in [0.29, 0.717) is 6.54 Å². The first kappa shape index (κ1) is 17.1. The Labute approximate surface area is 160 Å². The Bertz CT molecular complexity index is 1010. The minimum Gasteiger partial charge on any atom is -0.352 e. The van der Waals surface area contributed by atoms with E-state index in [1.165, 1.54) is 11.3 Å². The van der Waals surface area contributed by atoms with Crippen LogP contribution in [0.5, 0.6) is 0 Å². The van der Waals surface area contributed by atoms with Gasteiger partial charge in [-0.2, -0.15) is 0 Å². The van der Waals surface area contributed by atoms with E-state index >= 15 is 0 Å². The third-order valence-electron chi connectivity index (χ3n) is 4.03. The van der Waals surface area contributed by atoms with Crippen LogP contribution in [0.3, 0.4) is 0 Å². The number of benzene rings is 1. The highest BCUT2D eigenvalue weighted by molar-refractivity contribution is 7.13. The van der Waals surface area contributed by atoms with Gasteiger partial charge in [-0.3, -0.25) is 9.78 Å². The van der Waals surface area contributed by atoms with E-state index < -0.39 is 0 Å². The van der Waals surface area contributed by atoms with Gasteiger partial charge in [0.25, 0.3) is 0 Å². The summed E-state index contributed by atoms with van der Waals surface area (Å²) in [6.07, 6.45) is 9.16. The number of hydrogen-bond donors (Lipinski definition) is 1. The van der Waals surface area contributed by atoms with Crippen molar-refractivity contribution in [3.05, 3.63) is 84.2 Å². The van der Waals surface area contributed by atoms with E-state index in [2.05, 4.69) is 20.3 Å². The maximum Gasteiger partial charge on any atom is 0.226 e. The van der Waals surface area contributed by atoms with Gasteiger partial charge in [-0.05, 0) is 29.8 Å². The van der Waals surface area contributed by atoms with Gasteiger partial charge in [-0.15, -0.1) is 11.3 Å². The van der Waals surface area contributed by atoms with Crippen molar-refractivity contribution in [2.24, 2.45) is 0 Å². The Morgan fingerprint density at radius 2 is 2.00 bits per heavy atom. The maximum absolute atomic E-state index is 12.2. The number of nitrogens with one attached hydrogen (secondary N) is 1. The number of thiazole rings is 1. The molecule has 0 unspecified atom stereocenters. The fourth-order valence-electron chi connectivity index (χ4n) is 2.64. The lowest BCUT2D eigenvalue weighted by atomic mass is 10.2. The Kier molecular flexibility index (Phi) is 5.02. The molecular weight excluding hydrogens is 358 g/mol. The number of amides is 1. The minimum absolute atomic E-state index is 0.0447. The van der Waals surface area contributed by atoms with Crippen LogP contribution in [0.1, 0.15) is 11.3 Å². The van der Waals surface area contributed by atoms with Crippen LogP contribution in [0, 0.1) is 0 Å². The molecule has 134 valence electrons. The molecule has 0 spiro atoms. The quantitative estimate of drug-likeness (QED) is 0.561. The highest BCUT2D eigenvalue weighted by Crippen LogP contribution is 2.22. The summed E-state index contributed by atoms with van der Waals surface area (Å²) >= 11 is 1.52. The number of nitrogens with zero attached hydrogens (tertiary/aromatic N) is 4. The summed E-state index contributed by atoms with van der Waals surface area (Å²) in [5.74, 6) is -0.0447. The van der Waals surface area contributed by atoms with Crippen LogP contribution in [-0.4, -0.2) is 25.4 Å². The standard InChI is InChI=1S/C20H17N5OS/c26-19(10-17-13-27-20(24-17)16-2-1-7-21-12-16)23-11-15-3-5-18(6-4-15)25-9-8-22-14-25/h1-9,12-14H,10-11H2,(H,23,26). The normalized spacial score (nSPS) is 10.7. The lowest BCUT2D eigenvalue weighted by Gasteiger charge is -2.06. The van der Waals surface area contributed by atoms with Crippen molar-refractivity contribution in [3.63, 3.8) is 0 Å². The van der Waals surface area contributed by atoms with Crippen LogP contribution < -0.4 is 5.32 Å². The first-order valence-corrected chi connectivity index (χ1v) is 9.35. The molecule has 0 radical (unpaired) electrons. The fraction of sp³-hybridized carbons (Fsp3) is 0.100. The van der Waals surface area contributed by atoms with Crippen LogP contribution >= 0.6 is 11.3 Å². The average Bonchev–Trinajstić information content (AvgIpc) is 3.40. The van der Waals surface area contributed by atoms with Gasteiger partial charge in [0, 0.05) is 48.0 Å². The van der Waals surface area contributed by atoms with E-state index in [9.17, 15) is 4.79 Å². The molecule has 1 amide bonds. The lowest BCUT2D eigenvalue weighted by Crippen LogP contribution is -2.24. The molecule has 4 rings (SSSR count). The molecule has 4 aromatic rings.